The summed E-state index contributed by atoms with van der Waals surface area (Å²) in [5.41, 5.74) is 7.82. The smallest absolute Gasteiger partial charge is 0.253 e. The van der Waals surface area contributed by atoms with Gasteiger partial charge < -0.3 is 16.0 Å². The number of aromatic nitrogens is 1. The molecule has 19 heavy (non-hydrogen) atoms. The zero-order chi connectivity index (χ0) is 14.0. The fourth-order valence-electron chi connectivity index (χ4n) is 2.10. The van der Waals surface area contributed by atoms with Gasteiger partial charge in [0.1, 0.15) is 0 Å². The van der Waals surface area contributed by atoms with Gasteiger partial charge in [-0.15, -0.1) is 0 Å². The summed E-state index contributed by atoms with van der Waals surface area (Å²) in [5.74, 6) is -0.0396. The van der Waals surface area contributed by atoms with Crippen LogP contribution >= 0.6 is 0 Å². The van der Waals surface area contributed by atoms with Crippen LogP contribution in [0.2, 0.25) is 0 Å². The first-order valence-corrected chi connectivity index (χ1v) is 6.68. The van der Waals surface area contributed by atoms with Crippen molar-refractivity contribution in [1.29, 1.82) is 0 Å². The fraction of sp³-hybridized carbons (Fsp3) is 0.400. The number of benzene rings is 1. The molecule has 0 aliphatic heterocycles. The van der Waals surface area contributed by atoms with Crippen molar-refractivity contribution < 1.29 is 4.79 Å². The Kier molecular flexibility index (Phi) is 3.51. The second-order valence-corrected chi connectivity index (χ2v) is 5.23. The third-order valence-electron chi connectivity index (χ3n) is 3.93. The monoisotopic (exact) mass is 259 g/mol. The van der Waals surface area contributed by atoms with E-state index < -0.39 is 0 Å². The SMILES string of the molecule is CCC(C)(CC)NC(=O)c1c[nH]c2cc(N)ccc12. The average molecular weight is 259 g/mol. The van der Waals surface area contributed by atoms with E-state index in [-0.39, 0.29) is 11.4 Å². The highest BCUT2D eigenvalue weighted by Crippen LogP contribution is 2.22. The number of carbonyl (C=O) groups is 1. The molecule has 2 rings (SSSR count). The lowest BCUT2D eigenvalue weighted by Crippen LogP contribution is -2.44. The summed E-state index contributed by atoms with van der Waals surface area (Å²) in [6.07, 6.45) is 3.56. The van der Waals surface area contributed by atoms with E-state index in [4.69, 9.17) is 5.73 Å². The summed E-state index contributed by atoms with van der Waals surface area (Å²) in [6, 6.07) is 5.53. The van der Waals surface area contributed by atoms with E-state index in [1.54, 1.807) is 6.20 Å². The van der Waals surface area contributed by atoms with Gasteiger partial charge in [-0.25, -0.2) is 0 Å². The first kappa shape index (κ1) is 13.5. The van der Waals surface area contributed by atoms with Gasteiger partial charge in [-0.1, -0.05) is 13.8 Å². The zero-order valence-corrected chi connectivity index (χ0v) is 11.7. The van der Waals surface area contributed by atoms with Gasteiger partial charge in [0.2, 0.25) is 0 Å². The number of hydrogen-bond acceptors (Lipinski definition) is 2. The molecule has 0 bridgehead atoms. The summed E-state index contributed by atoms with van der Waals surface area (Å²) in [6.45, 7) is 6.23. The van der Waals surface area contributed by atoms with E-state index in [0.717, 1.165) is 23.7 Å². The lowest BCUT2D eigenvalue weighted by molar-refractivity contribution is 0.0903. The van der Waals surface area contributed by atoms with Crippen LogP contribution in [0.1, 0.15) is 44.0 Å². The largest absolute Gasteiger partial charge is 0.399 e. The molecule has 1 aromatic heterocycles. The van der Waals surface area contributed by atoms with Crippen LogP contribution in [0.15, 0.2) is 24.4 Å². The Hall–Kier alpha value is -1.97. The quantitative estimate of drug-likeness (QED) is 0.738. The molecule has 0 aliphatic carbocycles. The number of aromatic amines is 1. The summed E-state index contributed by atoms with van der Waals surface area (Å²) >= 11 is 0. The standard InChI is InChI=1S/C15H21N3O/c1-4-15(3,5-2)18-14(19)12-9-17-13-8-10(16)6-7-11(12)13/h6-9,17H,4-5,16H2,1-3H3,(H,18,19). The lowest BCUT2D eigenvalue weighted by Gasteiger charge is -2.28. The average Bonchev–Trinajstić information content (AvgIpc) is 2.81. The summed E-state index contributed by atoms with van der Waals surface area (Å²) in [4.78, 5) is 15.5. The number of anilines is 1. The molecule has 102 valence electrons. The van der Waals surface area contributed by atoms with E-state index in [9.17, 15) is 4.79 Å². The number of nitrogens with two attached hydrogens (primary N) is 1. The van der Waals surface area contributed by atoms with Crippen molar-refractivity contribution in [1.82, 2.24) is 10.3 Å². The van der Waals surface area contributed by atoms with E-state index in [1.165, 1.54) is 0 Å². The maximum Gasteiger partial charge on any atom is 0.253 e. The molecule has 1 amide bonds. The van der Waals surface area contributed by atoms with Crippen LogP contribution in [-0.4, -0.2) is 16.4 Å². The van der Waals surface area contributed by atoms with Gasteiger partial charge in [-0.05, 0) is 38.0 Å². The third-order valence-corrected chi connectivity index (χ3v) is 3.93. The molecule has 0 spiro atoms. The number of carbonyl (C=O) groups excluding carboxylic acids is 1. The van der Waals surface area contributed by atoms with Crippen LogP contribution in [0.5, 0.6) is 0 Å². The molecular formula is C15H21N3O. The zero-order valence-electron chi connectivity index (χ0n) is 11.7. The van der Waals surface area contributed by atoms with Crippen LogP contribution in [0.3, 0.4) is 0 Å². The van der Waals surface area contributed by atoms with E-state index >= 15 is 0 Å². The summed E-state index contributed by atoms with van der Waals surface area (Å²) in [7, 11) is 0. The molecule has 2 aromatic rings. The Morgan fingerprint density at radius 3 is 2.68 bits per heavy atom. The van der Waals surface area contributed by atoms with Crippen molar-refractivity contribution in [2.24, 2.45) is 0 Å². The maximum atomic E-state index is 12.4. The van der Waals surface area contributed by atoms with Crippen LogP contribution in [0.4, 0.5) is 5.69 Å². The van der Waals surface area contributed by atoms with E-state index in [2.05, 4.69) is 31.1 Å². The van der Waals surface area contributed by atoms with Gasteiger partial charge in [0.25, 0.3) is 5.91 Å². The maximum absolute atomic E-state index is 12.4. The molecule has 1 heterocycles. The van der Waals surface area contributed by atoms with Crippen molar-refractivity contribution in [2.45, 2.75) is 39.2 Å². The number of nitrogens with one attached hydrogen (secondary N) is 2. The van der Waals surface area contributed by atoms with Crippen LogP contribution in [0, 0.1) is 0 Å². The second-order valence-electron chi connectivity index (χ2n) is 5.23. The molecule has 0 atom stereocenters. The van der Waals surface area contributed by atoms with Gasteiger partial charge in [0.15, 0.2) is 0 Å². The molecular weight excluding hydrogens is 238 g/mol. The third kappa shape index (κ3) is 2.57. The summed E-state index contributed by atoms with van der Waals surface area (Å²) < 4.78 is 0. The van der Waals surface area contributed by atoms with Crippen LogP contribution in [0.25, 0.3) is 10.9 Å². The number of nitrogen functional groups attached to an aromatic ring is 1. The molecule has 0 fully saturated rings. The Balaban J connectivity index is 2.32. The number of fused-ring (bicyclic) bond motifs is 1. The minimum atomic E-state index is -0.158. The van der Waals surface area contributed by atoms with E-state index in [0.29, 0.717) is 11.3 Å². The minimum absolute atomic E-state index is 0.0396. The second kappa shape index (κ2) is 4.96. The Bertz CT molecular complexity index is 596. The highest BCUT2D eigenvalue weighted by Gasteiger charge is 2.23. The number of hydrogen-bond donors (Lipinski definition) is 3. The molecule has 4 nitrogen and oxygen atoms in total. The summed E-state index contributed by atoms with van der Waals surface area (Å²) in [5, 5.41) is 4.02. The molecule has 0 radical (unpaired) electrons. The predicted molar refractivity (Wildman–Crippen MR) is 79.2 cm³/mol. The fourth-order valence-corrected chi connectivity index (χ4v) is 2.10. The first-order valence-electron chi connectivity index (χ1n) is 6.68. The van der Waals surface area contributed by atoms with Crippen molar-refractivity contribution in [3.63, 3.8) is 0 Å². The molecule has 0 saturated carbocycles. The lowest BCUT2D eigenvalue weighted by atomic mass is 9.95. The Labute approximate surface area is 113 Å². The molecule has 0 unspecified atom stereocenters. The van der Waals surface area contributed by atoms with Gasteiger partial charge in [-0.2, -0.15) is 0 Å². The highest BCUT2D eigenvalue weighted by atomic mass is 16.1. The van der Waals surface area contributed by atoms with Crippen molar-refractivity contribution >= 4 is 22.5 Å². The molecule has 0 saturated heterocycles. The van der Waals surface area contributed by atoms with Crippen molar-refractivity contribution in [3.05, 3.63) is 30.0 Å². The molecule has 4 heteroatoms. The Morgan fingerprint density at radius 1 is 1.37 bits per heavy atom. The first-order chi connectivity index (χ1) is 8.99. The van der Waals surface area contributed by atoms with Crippen molar-refractivity contribution in [2.75, 3.05) is 5.73 Å². The number of rotatable bonds is 4. The van der Waals surface area contributed by atoms with Gasteiger partial charge in [-0.3, -0.25) is 4.79 Å². The molecule has 0 aliphatic rings. The van der Waals surface area contributed by atoms with Gasteiger partial charge >= 0.3 is 0 Å². The molecule has 4 N–H and O–H groups in total. The predicted octanol–water partition coefficient (Wildman–Crippen LogP) is 3.06. The van der Waals surface area contributed by atoms with Crippen molar-refractivity contribution in [3.8, 4) is 0 Å². The van der Waals surface area contributed by atoms with E-state index in [1.807, 2.05) is 18.2 Å². The number of amides is 1. The topological polar surface area (TPSA) is 70.9 Å². The van der Waals surface area contributed by atoms with Crippen LogP contribution in [-0.2, 0) is 0 Å². The number of H-pyrrole nitrogens is 1. The van der Waals surface area contributed by atoms with Crippen LogP contribution < -0.4 is 11.1 Å². The van der Waals surface area contributed by atoms with Gasteiger partial charge in [0, 0.05) is 28.3 Å². The Morgan fingerprint density at radius 2 is 2.05 bits per heavy atom. The normalized spacial score (nSPS) is 11.7. The van der Waals surface area contributed by atoms with Gasteiger partial charge in [0.05, 0.1) is 5.56 Å². The molecule has 1 aromatic carbocycles. The minimum Gasteiger partial charge on any atom is -0.399 e. The highest BCUT2D eigenvalue weighted by molar-refractivity contribution is 6.07.